The average Bonchev–Trinajstić information content (AvgIpc) is 2.97. The molecule has 0 saturated carbocycles. The predicted octanol–water partition coefficient (Wildman–Crippen LogP) is 2.00. The Morgan fingerprint density at radius 2 is 1.95 bits per heavy atom. The lowest BCUT2D eigenvalue weighted by atomic mass is 10.1. The van der Waals surface area contributed by atoms with Crippen LogP contribution in [0.4, 0.5) is 0 Å². The number of rotatable bonds is 5. The van der Waals surface area contributed by atoms with E-state index in [1.165, 1.54) is 11.1 Å². The summed E-state index contributed by atoms with van der Waals surface area (Å²) in [6.45, 7) is 5.80. The van der Waals surface area contributed by atoms with Crippen molar-refractivity contribution in [3.05, 3.63) is 54.1 Å². The molecule has 5 nitrogen and oxygen atoms in total. The molecule has 0 amide bonds. The molecule has 0 fully saturated rings. The molecule has 0 unspecified atom stereocenters. The molecule has 1 aromatic heterocycles. The fourth-order valence-electron chi connectivity index (χ4n) is 2.01. The van der Waals surface area contributed by atoms with Crippen LogP contribution in [-0.4, -0.2) is 28.6 Å². The van der Waals surface area contributed by atoms with E-state index in [0.717, 1.165) is 19.0 Å². The third-order valence-electron chi connectivity index (χ3n) is 3.06. The Morgan fingerprint density at radius 3 is 2.52 bits per heavy atom. The summed E-state index contributed by atoms with van der Waals surface area (Å²) in [5.41, 5.74) is 2.50. The number of hydrogen-bond acceptors (Lipinski definition) is 2. The molecule has 0 aliphatic heterocycles. The van der Waals surface area contributed by atoms with E-state index in [0.29, 0.717) is 6.04 Å². The van der Waals surface area contributed by atoms with E-state index in [-0.39, 0.29) is 0 Å². The molecule has 1 aromatic carbocycles. The van der Waals surface area contributed by atoms with Gasteiger partial charge in [-0.3, -0.25) is 4.99 Å². The quantitative estimate of drug-likeness (QED) is 0.652. The highest BCUT2D eigenvalue weighted by atomic mass is 15.2. The number of hydrogen-bond donors (Lipinski definition) is 2. The van der Waals surface area contributed by atoms with Gasteiger partial charge in [-0.2, -0.15) is 0 Å². The lowest BCUT2D eigenvalue weighted by Crippen LogP contribution is -2.40. The molecule has 0 aliphatic rings. The number of benzene rings is 1. The van der Waals surface area contributed by atoms with Crippen LogP contribution < -0.4 is 10.6 Å². The van der Waals surface area contributed by atoms with Crippen molar-refractivity contribution in [3.63, 3.8) is 0 Å². The Kier molecular flexibility index (Phi) is 5.37. The van der Waals surface area contributed by atoms with Crippen LogP contribution in [0.15, 0.2) is 48.0 Å². The first kappa shape index (κ1) is 15.1. The molecule has 0 saturated heterocycles. The maximum Gasteiger partial charge on any atom is 0.191 e. The highest BCUT2D eigenvalue weighted by molar-refractivity contribution is 5.79. The van der Waals surface area contributed by atoms with Crippen LogP contribution in [0.3, 0.4) is 0 Å². The second-order valence-electron chi connectivity index (χ2n) is 5.28. The van der Waals surface area contributed by atoms with Crippen LogP contribution in [0.5, 0.6) is 0 Å². The van der Waals surface area contributed by atoms with Gasteiger partial charge in [0.15, 0.2) is 5.96 Å². The van der Waals surface area contributed by atoms with Crippen molar-refractivity contribution in [2.45, 2.75) is 33.0 Å². The molecule has 2 N–H and O–H groups in total. The normalized spacial score (nSPS) is 11.7. The van der Waals surface area contributed by atoms with Crippen LogP contribution in [-0.2, 0) is 13.1 Å². The first-order valence-corrected chi connectivity index (χ1v) is 7.18. The number of aliphatic imine (C=N–C) groups is 1. The highest BCUT2D eigenvalue weighted by Gasteiger charge is 2.01. The molecule has 0 spiro atoms. The first-order chi connectivity index (χ1) is 10.2. The molecule has 21 heavy (non-hydrogen) atoms. The summed E-state index contributed by atoms with van der Waals surface area (Å²) in [5.74, 6) is 0.826. The van der Waals surface area contributed by atoms with E-state index in [1.807, 2.05) is 12.5 Å². The number of nitrogens with zero attached hydrogens (tertiary/aromatic N) is 3. The third-order valence-corrected chi connectivity index (χ3v) is 3.06. The van der Waals surface area contributed by atoms with E-state index in [1.54, 1.807) is 13.2 Å². The van der Waals surface area contributed by atoms with Crippen LogP contribution in [0.2, 0.25) is 0 Å². The lowest BCUT2D eigenvalue weighted by molar-refractivity contribution is 0.699. The zero-order valence-electron chi connectivity index (χ0n) is 12.9. The van der Waals surface area contributed by atoms with E-state index < -0.39 is 0 Å². The van der Waals surface area contributed by atoms with Gasteiger partial charge in [0.25, 0.3) is 0 Å². The minimum atomic E-state index is 0.369. The van der Waals surface area contributed by atoms with Crippen molar-refractivity contribution in [2.24, 2.45) is 4.99 Å². The summed E-state index contributed by atoms with van der Waals surface area (Å²) < 4.78 is 2.06. The monoisotopic (exact) mass is 285 g/mol. The standard InChI is InChI=1S/C16H23N5/c1-13(2)20-16(17-3)19-10-14-4-6-15(7-5-14)11-21-9-8-18-12-21/h4-9,12-13H,10-11H2,1-3H3,(H2,17,19,20). The molecule has 0 radical (unpaired) electrons. The summed E-state index contributed by atoms with van der Waals surface area (Å²) in [4.78, 5) is 8.25. The lowest BCUT2D eigenvalue weighted by Gasteiger charge is -2.14. The van der Waals surface area contributed by atoms with Crippen LogP contribution >= 0.6 is 0 Å². The number of aromatic nitrogens is 2. The van der Waals surface area contributed by atoms with E-state index in [2.05, 4.69) is 63.3 Å². The summed E-state index contributed by atoms with van der Waals surface area (Å²) in [5, 5.41) is 6.58. The van der Waals surface area contributed by atoms with E-state index in [4.69, 9.17) is 0 Å². The summed E-state index contributed by atoms with van der Waals surface area (Å²) in [6.07, 6.45) is 5.60. The number of guanidine groups is 1. The molecular weight excluding hydrogens is 262 g/mol. The molecule has 2 aromatic rings. The zero-order valence-corrected chi connectivity index (χ0v) is 12.9. The smallest absolute Gasteiger partial charge is 0.191 e. The Hall–Kier alpha value is -2.30. The molecule has 0 bridgehead atoms. The molecule has 0 atom stereocenters. The van der Waals surface area contributed by atoms with Gasteiger partial charge < -0.3 is 15.2 Å². The predicted molar refractivity (Wildman–Crippen MR) is 86.2 cm³/mol. The largest absolute Gasteiger partial charge is 0.354 e. The van der Waals surface area contributed by atoms with Gasteiger partial charge in [0.1, 0.15) is 0 Å². The minimum Gasteiger partial charge on any atom is -0.354 e. The fourth-order valence-corrected chi connectivity index (χ4v) is 2.01. The van der Waals surface area contributed by atoms with Crippen molar-refractivity contribution in [1.29, 1.82) is 0 Å². The molecular formula is C16H23N5. The van der Waals surface area contributed by atoms with Crippen molar-refractivity contribution in [2.75, 3.05) is 7.05 Å². The maximum atomic E-state index is 4.19. The number of nitrogens with one attached hydrogen (secondary N) is 2. The Morgan fingerprint density at radius 1 is 1.24 bits per heavy atom. The molecule has 5 heteroatoms. The summed E-state index contributed by atoms with van der Waals surface area (Å²) >= 11 is 0. The minimum absolute atomic E-state index is 0.369. The van der Waals surface area contributed by atoms with Gasteiger partial charge in [0.05, 0.1) is 6.33 Å². The van der Waals surface area contributed by atoms with Gasteiger partial charge in [0.2, 0.25) is 0 Å². The molecule has 1 heterocycles. The average molecular weight is 285 g/mol. The first-order valence-electron chi connectivity index (χ1n) is 7.18. The second kappa shape index (κ2) is 7.47. The Balaban J connectivity index is 1.87. The van der Waals surface area contributed by atoms with E-state index >= 15 is 0 Å². The fraction of sp³-hybridized carbons (Fsp3) is 0.375. The van der Waals surface area contributed by atoms with Gasteiger partial charge in [-0.05, 0) is 25.0 Å². The topological polar surface area (TPSA) is 54.2 Å². The van der Waals surface area contributed by atoms with Crippen molar-refractivity contribution in [3.8, 4) is 0 Å². The van der Waals surface area contributed by atoms with Crippen LogP contribution in [0.1, 0.15) is 25.0 Å². The molecule has 2 rings (SSSR count). The highest BCUT2D eigenvalue weighted by Crippen LogP contribution is 2.06. The van der Waals surface area contributed by atoms with Gasteiger partial charge in [-0.25, -0.2) is 4.98 Å². The van der Waals surface area contributed by atoms with E-state index in [9.17, 15) is 0 Å². The second-order valence-corrected chi connectivity index (χ2v) is 5.28. The zero-order chi connectivity index (χ0) is 15.1. The van der Waals surface area contributed by atoms with Gasteiger partial charge >= 0.3 is 0 Å². The maximum absolute atomic E-state index is 4.19. The SMILES string of the molecule is CN=C(NCc1ccc(Cn2ccnc2)cc1)NC(C)C. The van der Waals surface area contributed by atoms with Crippen molar-refractivity contribution >= 4 is 5.96 Å². The van der Waals surface area contributed by atoms with Gasteiger partial charge in [0, 0.05) is 38.6 Å². The Bertz CT molecular complexity index is 555. The third kappa shape index (κ3) is 4.95. The molecule has 0 aliphatic carbocycles. The Labute approximate surface area is 126 Å². The van der Waals surface area contributed by atoms with Crippen LogP contribution in [0, 0.1) is 0 Å². The van der Waals surface area contributed by atoms with Gasteiger partial charge in [-0.15, -0.1) is 0 Å². The van der Waals surface area contributed by atoms with Crippen molar-refractivity contribution < 1.29 is 0 Å². The van der Waals surface area contributed by atoms with Crippen molar-refractivity contribution in [1.82, 2.24) is 20.2 Å². The summed E-state index contributed by atoms with van der Waals surface area (Å²) in [6, 6.07) is 8.95. The number of imidazole rings is 1. The molecule has 112 valence electrons. The van der Waals surface area contributed by atoms with Crippen LogP contribution in [0.25, 0.3) is 0 Å². The van der Waals surface area contributed by atoms with Gasteiger partial charge in [-0.1, -0.05) is 24.3 Å². The summed E-state index contributed by atoms with van der Waals surface area (Å²) in [7, 11) is 1.78.